The Kier molecular flexibility index (Phi) is 7.03. The number of carbonyl (C=O) groups is 2. The highest BCUT2D eigenvalue weighted by Gasteiger charge is 2.36. The first-order chi connectivity index (χ1) is 14.6. The molecule has 0 radical (unpaired) electrons. The van der Waals surface area contributed by atoms with Crippen LogP contribution in [0.2, 0.25) is 0 Å². The van der Waals surface area contributed by atoms with Crippen molar-refractivity contribution in [3.05, 3.63) is 82.6 Å². The fraction of sp³-hybridized carbons (Fsp3) is 0.250. The van der Waals surface area contributed by atoms with Crippen molar-refractivity contribution in [2.75, 3.05) is 27.4 Å². The number of methoxy groups -OCH3 is 2. The lowest BCUT2D eigenvalue weighted by Crippen LogP contribution is -2.28. The molecule has 0 fully saturated rings. The van der Waals surface area contributed by atoms with Crippen molar-refractivity contribution >= 4 is 18.0 Å². The van der Waals surface area contributed by atoms with E-state index >= 15 is 0 Å². The predicted octanol–water partition coefficient (Wildman–Crippen LogP) is 3.58. The van der Waals surface area contributed by atoms with E-state index in [-0.39, 0.29) is 17.1 Å². The summed E-state index contributed by atoms with van der Waals surface area (Å²) in [7, 11) is 2.87. The largest absolute Gasteiger partial charge is 0.488 e. The third-order valence-corrected chi connectivity index (χ3v) is 4.88. The molecule has 2 aromatic rings. The number of ether oxygens (including phenoxy) is 3. The number of hydrogen-bond acceptors (Lipinski definition) is 5. The Balaban J connectivity index is 1.94. The van der Waals surface area contributed by atoms with Crippen LogP contribution in [0.3, 0.4) is 0 Å². The van der Waals surface area contributed by atoms with E-state index in [1.807, 2.05) is 54.6 Å². The van der Waals surface area contributed by atoms with Gasteiger partial charge in [0.05, 0.1) is 24.9 Å². The van der Waals surface area contributed by atoms with Crippen LogP contribution in [0.4, 0.5) is 0 Å². The van der Waals surface area contributed by atoms with Crippen molar-refractivity contribution in [2.45, 2.75) is 13.5 Å². The molecule has 0 N–H and O–H groups in total. The van der Waals surface area contributed by atoms with Gasteiger partial charge in [-0.3, -0.25) is 4.79 Å². The number of nitrogens with zero attached hydrogens (tertiary/aromatic N) is 1. The second-order valence-corrected chi connectivity index (χ2v) is 6.77. The molecule has 0 saturated carbocycles. The van der Waals surface area contributed by atoms with Crippen LogP contribution in [0.1, 0.15) is 18.1 Å². The zero-order valence-electron chi connectivity index (χ0n) is 17.4. The van der Waals surface area contributed by atoms with Crippen molar-refractivity contribution in [3.8, 4) is 5.75 Å². The lowest BCUT2D eigenvalue weighted by molar-refractivity contribution is -0.136. The molecule has 0 aromatic heterocycles. The number of esters is 1. The van der Waals surface area contributed by atoms with Gasteiger partial charge in [0.2, 0.25) is 0 Å². The van der Waals surface area contributed by atoms with Crippen LogP contribution >= 0.6 is 0 Å². The van der Waals surface area contributed by atoms with E-state index in [9.17, 15) is 9.59 Å². The number of carbonyl (C=O) groups excluding carboxylic acids is 2. The van der Waals surface area contributed by atoms with Crippen LogP contribution in [0.15, 0.2) is 71.4 Å². The van der Waals surface area contributed by atoms with E-state index in [0.29, 0.717) is 36.8 Å². The Hall–Kier alpha value is -3.38. The highest BCUT2D eigenvalue weighted by molar-refractivity contribution is 6.16. The molecule has 1 aliphatic rings. The van der Waals surface area contributed by atoms with Crippen LogP contribution in [0, 0.1) is 0 Å². The molecule has 156 valence electrons. The van der Waals surface area contributed by atoms with Gasteiger partial charge in [-0.05, 0) is 24.6 Å². The van der Waals surface area contributed by atoms with Crippen LogP contribution in [-0.4, -0.2) is 44.1 Å². The van der Waals surface area contributed by atoms with Gasteiger partial charge in [0.25, 0.3) is 5.91 Å². The topological polar surface area (TPSA) is 65.1 Å². The fourth-order valence-corrected chi connectivity index (χ4v) is 3.30. The molecule has 0 unspecified atom stereocenters. The zero-order valence-corrected chi connectivity index (χ0v) is 17.4. The van der Waals surface area contributed by atoms with E-state index in [2.05, 4.69) is 0 Å². The molecular formula is C24H25NO5. The van der Waals surface area contributed by atoms with Gasteiger partial charge in [0.15, 0.2) is 0 Å². The molecular weight excluding hydrogens is 382 g/mol. The average Bonchev–Trinajstić information content (AvgIpc) is 3.01. The second kappa shape index (κ2) is 9.89. The summed E-state index contributed by atoms with van der Waals surface area (Å²) in [6, 6.07) is 17.2. The van der Waals surface area contributed by atoms with Gasteiger partial charge in [-0.15, -0.1) is 0 Å². The first-order valence-corrected chi connectivity index (χ1v) is 9.64. The molecule has 0 bridgehead atoms. The quantitative estimate of drug-likeness (QED) is 0.494. The van der Waals surface area contributed by atoms with Crippen LogP contribution in [0.5, 0.6) is 5.75 Å². The van der Waals surface area contributed by atoms with E-state index in [4.69, 9.17) is 14.2 Å². The molecule has 6 heteroatoms. The molecule has 6 nitrogen and oxygen atoms in total. The molecule has 0 saturated heterocycles. The third-order valence-electron chi connectivity index (χ3n) is 4.88. The first kappa shape index (κ1) is 21.3. The fourth-order valence-electron chi connectivity index (χ4n) is 3.30. The maximum Gasteiger partial charge on any atom is 0.340 e. The number of para-hydroxylation sites is 1. The molecule has 30 heavy (non-hydrogen) atoms. The predicted molar refractivity (Wildman–Crippen MR) is 113 cm³/mol. The van der Waals surface area contributed by atoms with Gasteiger partial charge in [-0.25, -0.2) is 4.79 Å². The van der Waals surface area contributed by atoms with Gasteiger partial charge in [0, 0.05) is 24.9 Å². The summed E-state index contributed by atoms with van der Waals surface area (Å²) in [6.45, 7) is 2.85. The number of hydrogen-bond donors (Lipinski definition) is 0. The number of rotatable bonds is 8. The SMILES string of the molecule is COCCN1C(=O)/C(=C\c2ccccc2OCc2ccccc2)C(C(=O)OC)=C1C. The van der Waals surface area contributed by atoms with Gasteiger partial charge in [0.1, 0.15) is 12.4 Å². The molecule has 3 rings (SSSR count). The van der Waals surface area contributed by atoms with Crippen LogP contribution < -0.4 is 4.74 Å². The molecule has 0 atom stereocenters. The van der Waals surface area contributed by atoms with Crippen molar-refractivity contribution < 1.29 is 23.8 Å². The highest BCUT2D eigenvalue weighted by Crippen LogP contribution is 2.33. The standard InChI is InChI=1S/C24H25NO5/c1-17-22(24(27)29-3)20(23(26)25(17)13-14-28-2)15-19-11-7-8-12-21(19)30-16-18-9-5-4-6-10-18/h4-12,15H,13-14,16H2,1-3H3/b20-15-. The van der Waals surface area contributed by atoms with Crippen LogP contribution in [0.25, 0.3) is 6.08 Å². The van der Waals surface area contributed by atoms with Crippen molar-refractivity contribution in [2.24, 2.45) is 0 Å². The summed E-state index contributed by atoms with van der Waals surface area (Å²) >= 11 is 0. The number of amides is 1. The van der Waals surface area contributed by atoms with E-state index < -0.39 is 5.97 Å². The van der Waals surface area contributed by atoms with Crippen molar-refractivity contribution in [1.29, 1.82) is 0 Å². The summed E-state index contributed by atoms with van der Waals surface area (Å²) in [5, 5.41) is 0. The minimum Gasteiger partial charge on any atom is -0.488 e. The smallest absolute Gasteiger partial charge is 0.340 e. The molecule has 2 aromatic carbocycles. The Morgan fingerprint density at radius 3 is 2.43 bits per heavy atom. The Bertz CT molecular complexity index is 978. The molecule has 1 aliphatic heterocycles. The molecule has 1 amide bonds. The Morgan fingerprint density at radius 1 is 1.03 bits per heavy atom. The Labute approximate surface area is 176 Å². The summed E-state index contributed by atoms with van der Waals surface area (Å²) in [4.78, 5) is 27.0. The van der Waals surface area contributed by atoms with E-state index in [1.54, 1.807) is 20.1 Å². The van der Waals surface area contributed by atoms with E-state index in [1.165, 1.54) is 12.0 Å². The van der Waals surface area contributed by atoms with Gasteiger partial charge < -0.3 is 19.1 Å². The van der Waals surface area contributed by atoms with E-state index in [0.717, 1.165) is 5.56 Å². The minimum atomic E-state index is -0.547. The average molecular weight is 407 g/mol. The molecule has 0 spiro atoms. The summed E-state index contributed by atoms with van der Waals surface area (Å²) < 4.78 is 16.0. The zero-order chi connectivity index (χ0) is 21.5. The normalized spacial score (nSPS) is 15.1. The highest BCUT2D eigenvalue weighted by atomic mass is 16.5. The number of allylic oxidation sites excluding steroid dienone is 1. The number of benzene rings is 2. The van der Waals surface area contributed by atoms with Gasteiger partial charge in [-0.2, -0.15) is 0 Å². The second-order valence-electron chi connectivity index (χ2n) is 6.77. The third kappa shape index (κ3) is 4.60. The summed E-state index contributed by atoms with van der Waals surface area (Å²) in [6.07, 6.45) is 1.69. The monoisotopic (exact) mass is 407 g/mol. The lowest BCUT2D eigenvalue weighted by atomic mass is 10.0. The minimum absolute atomic E-state index is 0.261. The maximum absolute atomic E-state index is 13.1. The van der Waals surface area contributed by atoms with Gasteiger partial charge >= 0.3 is 5.97 Å². The molecule has 0 aliphatic carbocycles. The van der Waals surface area contributed by atoms with Crippen LogP contribution in [-0.2, 0) is 25.7 Å². The summed E-state index contributed by atoms with van der Waals surface area (Å²) in [5.41, 5.74) is 2.84. The van der Waals surface area contributed by atoms with Crippen molar-refractivity contribution in [1.82, 2.24) is 4.90 Å². The maximum atomic E-state index is 13.1. The lowest BCUT2D eigenvalue weighted by Gasteiger charge is -2.17. The van der Waals surface area contributed by atoms with Crippen molar-refractivity contribution in [3.63, 3.8) is 0 Å². The molecule has 1 heterocycles. The summed E-state index contributed by atoms with van der Waals surface area (Å²) in [5.74, 6) is -0.184. The van der Waals surface area contributed by atoms with Gasteiger partial charge in [-0.1, -0.05) is 48.5 Å². The first-order valence-electron chi connectivity index (χ1n) is 9.64. The Morgan fingerprint density at radius 2 is 1.73 bits per heavy atom.